The number of nitrogens with zero attached hydrogens (tertiary/aromatic N) is 1. The van der Waals surface area contributed by atoms with Gasteiger partial charge in [-0.15, -0.1) is 0 Å². The molecule has 3 rings (SSSR count). The number of rotatable bonds is 10. The molecule has 0 radical (unpaired) electrons. The quantitative estimate of drug-likeness (QED) is 0.589. The summed E-state index contributed by atoms with van der Waals surface area (Å²) in [5.41, 5.74) is 2.44. The Morgan fingerprint density at radius 1 is 1.14 bits per heavy atom. The molecule has 1 saturated carbocycles. The van der Waals surface area contributed by atoms with Crippen molar-refractivity contribution in [3.8, 4) is 22.6 Å². The number of pyridine rings is 1. The van der Waals surface area contributed by atoms with Crippen molar-refractivity contribution < 1.29 is 17.9 Å². The number of benzene rings is 1. The maximum atomic E-state index is 12.1. The summed E-state index contributed by atoms with van der Waals surface area (Å²) >= 11 is 0. The zero-order chi connectivity index (χ0) is 20.1. The van der Waals surface area contributed by atoms with Gasteiger partial charge in [-0.25, -0.2) is 13.1 Å². The fourth-order valence-corrected chi connectivity index (χ4v) is 3.24. The molecular formula is C20H26N2O5S. The highest BCUT2D eigenvalue weighted by atomic mass is 32.2. The highest BCUT2D eigenvalue weighted by molar-refractivity contribution is 7.70. The van der Waals surface area contributed by atoms with E-state index in [-0.39, 0.29) is 5.56 Å². The first-order valence-electron chi connectivity index (χ1n) is 9.45. The molecule has 0 bridgehead atoms. The minimum atomic E-state index is -2.61. The first-order valence-corrected chi connectivity index (χ1v) is 10.6. The predicted octanol–water partition coefficient (Wildman–Crippen LogP) is 1.90. The first kappa shape index (κ1) is 20.4. The van der Waals surface area contributed by atoms with Gasteiger partial charge in [0, 0.05) is 37.0 Å². The number of hydrogen-bond acceptors (Lipinski definition) is 5. The second-order valence-electron chi connectivity index (χ2n) is 6.93. The predicted molar refractivity (Wildman–Crippen MR) is 109 cm³/mol. The molecule has 0 spiro atoms. The second kappa shape index (κ2) is 9.25. The molecule has 152 valence electrons. The third kappa shape index (κ3) is 5.36. The van der Waals surface area contributed by atoms with Crippen molar-refractivity contribution in [3.05, 3.63) is 46.4 Å². The molecule has 1 aliphatic rings. The van der Waals surface area contributed by atoms with Crippen LogP contribution < -0.4 is 19.8 Å². The molecule has 1 aromatic carbocycles. The van der Waals surface area contributed by atoms with Gasteiger partial charge in [-0.3, -0.25) is 4.79 Å². The van der Waals surface area contributed by atoms with Crippen LogP contribution in [0.25, 0.3) is 11.1 Å². The third-order valence-electron chi connectivity index (χ3n) is 4.65. The third-order valence-corrected chi connectivity index (χ3v) is 5.13. The number of hydrogen-bond donors (Lipinski definition) is 2. The molecule has 0 saturated heterocycles. The highest BCUT2D eigenvalue weighted by Crippen LogP contribution is 2.38. The molecule has 0 atom stereocenters. The van der Waals surface area contributed by atoms with Crippen molar-refractivity contribution in [2.45, 2.75) is 26.2 Å². The molecule has 8 heteroatoms. The van der Waals surface area contributed by atoms with Crippen molar-refractivity contribution in [3.63, 3.8) is 0 Å². The molecular weight excluding hydrogens is 380 g/mol. The zero-order valence-corrected chi connectivity index (χ0v) is 17.0. The smallest absolute Gasteiger partial charge is 0.254 e. The normalized spacial score (nSPS) is 13.7. The zero-order valence-electron chi connectivity index (χ0n) is 16.1. The molecule has 2 aromatic rings. The molecule has 1 heterocycles. The molecule has 7 nitrogen and oxygen atoms in total. The molecule has 1 aromatic heterocycles. The maximum Gasteiger partial charge on any atom is 0.254 e. The standard InChI is InChI=1S/C20H26N2O5S/c1-3-26-19-11-20(23)22(2)12-17(19)16-10-14(8-9-21-28(24)25)6-7-18(16)27-13-15-4-5-15/h6-7,10-12,15,28H,3-5,8-9,13H2,1-2H3,(H,21,24,25). The molecule has 28 heavy (non-hydrogen) atoms. The summed E-state index contributed by atoms with van der Waals surface area (Å²) < 4.78 is 37.2. The van der Waals surface area contributed by atoms with Crippen LogP contribution in [0.1, 0.15) is 25.3 Å². The van der Waals surface area contributed by atoms with Gasteiger partial charge in [0.05, 0.1) is 13.2 Å². The fraction of sp³-hybridized carbons (Fsp3) is 0.450. The van der Waals surface area contributed by atoms with E-state index in [4.69, 9.17) is 9.47 Å². The lowest BCUT2D eigenvalue weighted by Gasteiger charge is -2.17. The van der Waals surface area contributed by atoms with E-state index in [0.717, 1.165) is 22.4 Å². The van der Waals surface area contributed by atoms with Gasteiger partial charge in [0.25, 0.3) is 5.56 Å². The van der Waals surface area contributed by atoms with E-state index >= 15 is 0 Å². The van der Waals surface area contributed by atoms with Gasteiger partial charge in [-0.1, -0.05) is 6.07 Å². The number of nitrogens with one attached hydrogen (secondary N) is 1. The van der Waals surface area contributed by atoms with Gasteiger partial charge in [0.2, 0.25) is 10.9 Å². The van der Waals surface area contributed by atoms with Gasteiger partial charge >= 0.3 is 0 Å². The summed E-state index contributed by atoms with van der Waals surface area (Å²) in [4.78, 5) is 12.1. The Labute approximate surface area is 166 Å². The summed E-state index contributed by atoms with van der Waals surface area (Å²) in [7, 11) is -0.912. The monoisotopic (exact) mass is 406 g/mol. The summed E-state index contributed by atoms with van der Waals surface area (Å²) in [5.74, 6) is 1.86. The summed E-state index contributed by atoms with van der Waals surface area (Å²) in [6.45, 7) is 3.31. The van der Waals surface area contributed by atoms with Gasteiger partial charge < -0.3 is 14.0 Å². The van der Waals surface area contributed by atoms with E-state index in [9.17, 15) is 13.2 Å². The van der Waals surface area contributed by atoms with Crippen LogP contribution in [0.4, 0.5) is 0 Å². The average molecular weight is 407 g/mol. The van der Waals surface area contributed by atoms with Crippen LogP contribution in [0.15, 0.2) is 35.3 Å². The van der Waals surface area contributed by atoms with Crippen molar-refractivity contribution in [2.75, 3.05) is 19.8 Å². The van der Waals surface area contributed by atoms with Crippen LogP contribution in [0.3, 0.4) is 0 Å². The van der Waals surface area contributed by atoms with E-state index in [1.165, 1.54) is 23.5 Å². The lowest BCUT2D eigenvalue weighted by atomic mass is 10.0. The van der Waals surface area contributed by atoms with Crippen LogP contribution in [-0.4, -0.2) is 32.7 Å². The molecule has 0 amide bonds. The minimum Gasteiger partial charge on any atom is -0.493 e. The fourth-order valence-electron chi connectivity index (χ4n) is 2.94. The minimum absolute atomic E-state index is 0.146. The summed E-state index contributed by atoms with van der Waals surface area (Å²) in [6.07, 6.45) is 4.69. The lowest BCUT2D eigenvalue weighted by Crippen LogP contribution is -2.16. The topological polar surface area (TPSA) is 86.6 Å². The van der Waals surface area contributed by atoms with Gasteiger partial charge in [-0.2, -0.15) is 0 Å². The Morgan fingerprint density at radius 3 is 2.61 bits per heavy atom. The Morgan fingerprint density at radius 2 is 1.93 bits per heavy atom. The molecule has 0 aliphatic heterocycles. The van der Waals surface area contributed by atoms with E-state index in [2.05, 4.69) is 4.72 Å². The van der Waals surface area contributed by atoms with E-state index in [0.29, 0.717) is 37.8 Å². The Hall–Kier alpha value is -2.32. The van der Waals surface area contributed by atoms with Gasteiger partial charge in [-0.05, 0) is 49.8 Å². The van der Waals surface area contributed by atoms with E-state index in [1.807, 2.05) is 25.1 Å². The Balaban J connectivity index is 1.99. The van der Waals surface area contributed by atoms with Crippen LogP contribution >= 0.6 is 0 Å². The largest absolute Gasteiger partial charge is 0.493 e. The van der Waals surface area contributed by atoms with Crippen LogP contribution in [-0.2, 0) is 24.4 Å². The SMILES string of the molecule is CCOc1cc(=O)n(C)cc1-c1cc(CCN[SH](=O)=O)ccc1OCC1CC1. The summed E-state index contributed by atoms with van der Waals surface area (Å²) in [6, 6.07) is 7.31. The highest BCUT2D eigenvalue weighted by Gasteiger charge is 2.23. The van der Waals surface area contributed by atoms with Gasteiger partial charge in [0.1, 0.15) is 11.5 Å². The Bertz CT molecular complexity index is 956. The average Bonchev–Trinajstić information content (AvgIpc) is 3.48. The summed E-state index contributed by atoms with van der Waals surface area (Å²) in [5, 5.41) is 0. The molecule has 1 aliphatic carbocycles. The molecule has 1 N–H and O–H groups in total. The first-order chi connectivity index (χ1) is 13.5. The van der Waals surface area contributed by atoms with Crippen molar-refractivity contribution >= 4 is 10.9 Å². The van der Waals surface area contributed by atoms with Crippen molar-refractivity contribution in [2.24, 2.45) is 13.0 Å². The number of thiol groups is 1. The maximum absolute atomic E-state index is 12.1. The van der Waals surface area contributed by atoms with E-state index in [1.54, 1.807) is 13.2 Å². The number of aryl methyl sites for hydroxylation is 1. The van der Waals surface area contributed by atoms with Crippen molar-refractivity contribution in [1.29, 1.82) is 0 Å². The van der Waals surface area contributed by atoms with Gasteiger partial charge in [0.15, 0.2) is 0 Å². The van der Waals surface area contributed by atoms with Crippen LogP contribution in [0, 0.1) is 5.92 Å². The Kier molecular flexibility index (Phi) is 6.74. The van der Waals surface area contributed by atoms with E-state index < -0.39 is 10.9 Å². The van der Waals surface area contributed by atoms with Crippen LogP contribution in [0.2, 0.25) is 0 Å². The molecule has 0 unspecified atom stereocenters. The lowest BCUT2D eigenvalue weighted by molar-refractivity contribution is 0.300. The number of aromatic nitrogens is 1. The van der Waals surface area contributed by atoms with Crippen LogP contribution in [0.5, 0.6) is 11.5 Å². The number of ether oxygens (including phenoxy) is 2. The second-order valence-corrected chi connectivity index (χ2v) is 7.76. The molecule has 1 fully saturated rings. The van der Waals surface area contributed by atoms with Crippen molar-refractivity contribution in [1.82, 2.24) is 9.29 Å².